The van der Waals surface area contributed by atoms with Crippen LogP contribution >= 0.6 is 0 Å². The standard InChI is InChI=1S/C12H16N6O/c1-3-18(4-2)9-5-6-10(11(19)7-9)15-17-12-13-8-14-16-12/h5-8,19H,3-4H2,1-2H3,(H,13,14,16)/p+1. The number of quaternary nitrogens is 1. The summed E-state index contributed by atoms with van der Waals surface area (Å²) in [5.74, 6) is 0.528. The van der Waals surface area contributed by atoms with Crippen LogP contribution in [0.4, 0.5) is 11.4 Å². The van der Waals surface area contributed by atoms with E-state index in [9.17, 15) is 5.11 Å². The Bertz CT molecular complexity index is 533. The van der Waals surface area contributed by atoms with Crippen molar-refractivity contribution >= 4 is 23.7 Å². The summed E-state index contributed by atoms with van der Waals surface area (Å²) in [6.07, 6.45) is 1.54. The number of phenols is 1. The maximum atomic E-state index is 9.94. The van der Waals surface area contributed by atoms with Crippen molar-refractivity contribution in [3.8, 4) is 5.75 Å². The van der Waals surface area contributed by atoms with Crippen molar-refractivity contribution in [3.63, 3.8) is 0 Å². The number of aromatic hydroxyl groups is 1. The van der Waals surface area contributed by atoms with Gasteiger partial charge in [0.25, 0.3) is 0 Å². The zero-order valence-corrected chi connectivity index (χ0v) is 11.0. The number of hydrogen-bond acceptors (Lipinski definition) is 6. The molecule has 1 aliphatic heterocycles. The van der Waals surface area contributed by atoms with Gasteiger partial charge < -0.3 is 10.0 Å². The lowest BCUT2D eigenvalue weighted by atomic mass is 10.2. The van der Waals surface area contributed by atoms with Crippen LogP contribution in [0.5, 0.6) is 5.75 Å². The second-order valence-electron chi connectivity index (χ2n) is 3.93. The molecular weight excluding hydrogens is 244 g/mol. The minimum absolute atomic E-state index is 0.104. The highest BCUT2D eigenvalue weighted by molar-refractivity contribution is 5.78. The third kappa shape index (κ3) is 3.14. The molecule has 0 amide bonds. The first kappa shape index (κ1) is 13.2. The number of phenolic OH excluding ortho intramolecular Hbond substituents is 1. The number of rotatable bonds is 4. The van der Waals surface area contributed by atoms with Gasteiger partial charge in [0.1, 0.15) is 11.4 Å². The summed E-state index contributed by atoms with van der Waals surface area (Å²) in [5.41, 5.74) is 1.38. The number of nitrogens with two attached hydrogens (primary N) is 1. The van der Waals surface area contributed by atoms with Crippen molar-refractivity contribution < 1.29 is 10.4 Å². The lowest BCUT2D eigenvalue weighted by Crippen LogP contribution is -2.84. The van der Waals surface area contributed by atoms with Gasteiger partial charge in [0.2, 0.25) is 6.34 Å². The molecule has 0 aliphatic carbocycles. The second-order valence-corrected chi connectivity index (χ2v) is 3.93. The van der Waals surface area contributed by atoms with Crippen LogP contribution in [-0.4, -0.2) is 30.5 Å². The largest absolute Gasteiger partial charge is 0.506 e. The molecule has 0 fully saturated rings. The van der Waals surface area contributed by atoms with Crippen LogP contribution in [0.25, 0.3) is 0 Å². The predicted octanol–water partition coefficient (Wildman–Crippen LogP) is 1.20. The molecule has 0 spiro atoms. The molecule has 3 N–H and O–H groups in total. The summed E-state index contributed by atoms with van der Waals surface area (Å²) in [6.45, 7) is 5.92. The minimum atomic E-state index is 0.104. The van der Waals surface area contributed by atoms with Gasteiger partial charge in [-0.25, -0.2) is 5.32 Å². The number of nitrogens with zero attached hydrogens (tertiary/aromatic N) is 5. The van der Waals surface area contributed by atoms with Crippen LogP contribution in [0.3, 0.4) is 0 Å². The van der Waals surface area contributed by atoms with E-state index in [0.29, 0.717) is 11.6 Å². The van der Waals surface area contributed by atoms with E-state index in [1.54, 1.807) is 17.4 Å². The highest BCUT2D eigenvalue weighted by Crippen LogP contribution is 2.31. The Morgan fingerprint density at radius 2 is 2.05 bits per heavy atom. The van der Waals surface area contributed by atoms with Crippen LogP contribution in [0.1, 0.15) is 13.8 Å². The van der Waals surface area contributed by atoms with E-state index in [-0.39, 0.29) is 5.75 Å². The maximum Gasteiger partial charge on any atom is 0.369 e. The van der Waals surface area contributed by atoms with Crippen LogP contribution in [0.15, 0.2) is 38.6 Å². The van der Waals surface area contributed by atoms with E-state index in [1.807, 2.05) is 6.07 Å². The zero-order valence-electron chi connectivity index (χ0n) is 11.0. The smallest absolute Gasteiger partial charge is 0.369 e. The molecule has 100 valence electrons. The quantitative estimate of drug-likeness (QED) is 0.797. The molecule has 0 radical (unpaired) electrons. The van der Waals surface area contributed by atoms with Crippen LogP contribution in [-0.2, 0) is 0 Å². The Balaban J connectivity index is 2.15. The normalized spacial score (nSPS) is 14.1. The summed E-state index contributed by atoms with van der Waals surface area (Å²) < 4.78 is 0. The lowest BCUT2D eigenvalue weighted by Gasteiger charge is -2.21. The number of hydrogen-bond donors (Lipinski definition) is 2. The molecule has 0 saturated heterocycles. The van der Waals surface area contributed by atoms with E-state index in [4.69, 9.17) is 0 Å². The minimum Gasteiger partial charge on any atom is -0.506 e. The Labute approximate surface area is 111 Å². The third-order valence-corrected chi connectivity index (χ3v) is 2.80. The monoisotopic (exact) mass is 261 g/mol. The van der Waals surface area contributed by atoms with Gasteiger partial charge >= 0.3 is 5.96 Å². The molecule has 7 nitrogen and oxygen atoms in total. The van der Waals surface area contributed by atoms with Crippen molar-refractivity contribution in [1.29, 1.82) is 0 Å². The average molecular weight is 261 g/mol. The Morgan fingerprint density at radius 3 is 2.63 bits per heavy atom. The molecule has 1 aliphatic rings. The van der Waals surface area contributed by atoms with Crippen LogP contribution < -0.4 is 10.2 Å². The summed E-state index contributed by atoms with van der Waals surface area (Å²) in [7, 11) is 0. The van der Waals surface area contributed by atoms with Gasteiger partial charge in [0.15, 0.2) is 0 Å². The average Bonchev–Trinajstić information content (AvgIpc) is 2.92. The summed E-state index contributed by atoms with van der Waals surface area (Å²) in [5, 5.41) is 26.8. The molecule has 1 heterocycles. The van der Waals surface area contributed by atoms with Crippen LogP contribution in [0.2, 0.25) is 0 Å². The summed E-state index contributed by atoms with van der Waals surface area (Å²) in [6, 6.07) is 5.35. The molecule has 0 bridgehead atoms. The summed E-state index contributed by atoms with van der Waals surface area (Å²) in [4.78, 5) is 2.14. The first-order valence-electron chi connectivity index (χ1n) is 6.18. The molecule has 1 aromatic carbocycles. The topological polar surface area (TPSA) is 89.5 Å². The fourth-order valence-corrected chi connectivity index (χ4v) is 1.77. The second kappa shape index (κ2) is 6.05. The van der Waals surface area contributed by atoms with Crippen molar-refractivity contribution in [2.45, 2.75) is 13.8 Å². The Hall–Kier alpha value is -2.28. The summed E-state index contributed by atoms with van der Waals surface area (Å²) >= 11 is 0. The molecule has 0 unspecified atom stereocenters. The molecule has 1 aromatic rings. The number of azo groups is 1. The molecule has 0 aromatic heterocycles. The van der Waals surface area contributed by atoms with Gasteiger partial charge in [0, 0.05) is 24.8 Å². The highest BCUT2D eigenvalue weighted by Gasteiger charge is 2.08. The van der Waals surface area contributed by atoms with Crippen LogP contribution in [0, 0.1) is 0 Å². The van der Waals surface area contributed by atoms with Gasteiger partial charge in [-0.1, -0.05) is 15.3 Å². The van der Waals surface area contributed by atoms with Crippen molar-refractivity contribution in [3.05, 3.63) is 18.2 Å². The van der Waals surface area contributed by atoms with E-state index in [2.05, 4.69) is 39.2 Å². The molecular formula is C12H17N6O+. The Morgan fingerprint density at radius 1 is 1.26 bits per heavy atom. The van der Waals surface area contributed by atoms with Gasteiger partial charge in [0.05, 0.1) is 0 Å². The van der Waals surface area contributed by atoms with Gasteiger partial charge in [-0.3, -0.25) is 0 Å². The van der Waals surface area contributed by atoms with E-state index in [1.165, 1.54) is 6.34 Å². The van der Waals surface area contributed by atoms with E-state index >= 15 is 0 Å². The van der Waals surface area contributed by atoms with Crippen molar-refractivity contribution in [1.82, 2.24) is 0 Å². The number of anilines is 1. The molecule has 19 heavy (non-hydrogen) atoms. The third-order valence-electron chi connectivity index (χ3n) is 2.80. The molecule has 7 heteroatoms. The van der Waals surface area contributed by atoms with Gasteiger partial charge in [-0.05, 0) is 26.0 Å². The highest BCUT2D eigenvalue weighted by atomic mass is 16.3. The lowest BCUT2D eigenvalue weighted by molar-refractivity contribution is -0.394. The fourth-order valence-electron chi connectivity index (χ4n) is 1.77. The van der Waals surface area contributed by atoms with Crippen molar-refractivity contribution in [2.75, 3.05) is 18.0 Å². The first-order chi connectivity index (χ1) is 9.24. The van der Waals surface area contributed by atoms with E-state index < -0.39 is 0 Å². The maximum absolute atomic E-state index is 9.94. The van der Waals surface area contributed by atoms with Gasteiger partial charge in [-0.2, -0.15) is 0 Å². The van der Waals surface area contributed by atoms with Gasteiger partial charge in [-0.15, -0.1) is 5.11 Å². The van der Waals surface area contributed by atoms with Crippen molar-refractivity contribution in [2.24, 2.45) is 20.4 Å². The molecule has 2 rings (SSSR count). The molecule has 0 atom stereocenters. The number of benzene rings is 1. The fraction of sp³-hybridized carbons (Fsp3) is 0.333. The molecule has 0 saturated carbocycles. The number of guanidine groups is 1. The SMILES string of the molecule is CCN(CC)c1ccc(N=NC2=NN=C[NH2+]2)c(O)c1. The first-order valence-corrected chi connectivity index (χ1v) is 6.18. The Kier molecular flexibility index (Phi) is 4.19. The predicted molar refractivity (Wildman–Crippen MR) is 74.0 cm³/mol. The van der Waals surface area contributed by atoms with E-state index in [0.717, 1.165) is 18.8 Å². The zero-order chi connectivity index (χ0) is 13.7.